The SMILES string of the molecule is Oc1ccc(Cl)cc1CNCC1CC2CCC1C2. The summed E-state index contributed by atoms with van der Waals surface area (Å²) in [5.41, 5.74) is 0.894. The second kappa shape index (κ2) is 5.10. The van der Waals surface area contributed by atoms with Crippen LogP contribution in [0, 0.1) is 17.8 Å². The van der Waals surface area contributed by atoms with E-state index in [1.807, 2.05) is 6.07 Å². The zero-order valence-electron chi connectivity index (χ0n) is 10.5. The maximum Gasteiger partial charge on any atom is 0.120 e. The highest BCUT2D eigenvalue weighted by molar-refractivity contribution is 6.30. The molecular weight excluding hydrogens is 246 g/mol. The lowest BCUT2D eigenvalue weighted by Gasteiger charge is -2.22. The van der Waals surface area contributed by atoms with Gasteiger partial charge in [0.15, 0.2) is 0 Å². The minimum absolute atomic E-state index is 0.333. The van der Waals surface area contributed by atoms with Gasteiger partial charge in [0.25, 0.3) is 0 Å². The number of aromatic hydroxyl groups is 1. The van der Waals surface area contributed by atoms with Gasteiger partial charge in [0.2, 0.25) is 0 Å². The van der Waals surface area contributed by atoms with Gasteiger partial charge >= 0.3 is 0 Å². The van der Waals surface area contributed by atoms with Crippen molar-refractivity contribution in [3.63, 3.8) is 0 Å². The number of phenols is 1. The summed E-state index contributed by atoms with van der Waals surface area (Å²) in [6, 6.07) is 5.22. The van der Waals surface area contributed by atoms with E-state index in [2.05, 4.69) is 5.32 Å². The molecule has 0 spiro atoms. The van der Waals surface area contributed by atoms with Crippen LogP contribution in [0.15, 0.2) is 18.2 Å². The average molecular weight is 266 g/mol. The summed E-state index contributed by atoms with van der Waals surface area (Å²) in [6.45, 7) is 1.79. The third-order valence-electron chi connectivity index (χ3n) is 4.65. The molecule has 3 unspecified atom stereocenters. The molecule has 3 atom stereocenters. The smallest absolute Gasteiger partial charge is 0.120 e. The first kappa shape index (κ1) is 12.3. The minimum atomic E-state index is 0.333. The fraction of sp³-hybridized carbons (Fsp3) is 0.600. The van der Waals surface area contributed by atoms with Gasteiger partial charge in [-0.1, -0.05) is 18.0 Å². The predicted molar refractivity (Wildman–Crippen MR) is 73.8 cm³/mol. The van der Waals surface area contributed by atoms with Gasteiger partial charge in [-0.3, -0.25) is 0 Å². The van der Waals surface area contributed by atoms with Crippen LogP contribution in [0.4, 0.5) is 0 Å². The van der Waals surface area contributed by atoms with Gasteiger partial charge in [-0.2, -0.15) is 0 Å². The molecule has 0 aliphatic heterocycles. The van der Waals surface area contributed by atoms with Gasteiger partial charge in [0.05, 0.1) is 0 Å². The number of rotatable bonds is 4. The zero-order valence-corrected chi connectivity index (χ0v) is 11.3. The molecule has 98 valence electrons. The molecule has 0 heterocycles. The van der Waals surface area contributed by atoms with Crippen molar-refractivity contribution in [3.8, 4) is 5.75 Å². The number of phenolic OH excluding ortho intramolecular Hbond substituents is 1. The molecule has 0 saturated heterocycles. The van der Waals surface area contributed by atoms with E-state index >= 15 is 0 Å². The minimum Gasteiger partial charge on any atom is -0.508 e. The van der Waals surface area contributed by atoms with E-state index in [-0.39, 0.29) is 0 Å². The molecular formula is C15H20ClNO. The van der Waals surface area contributed by atoms with Crippen molar-refractivity contribution >= 4 is 11.6 Å². The van der Waals surface area contributed by atoms with E-state index in [0.29, 0.717) is 17.3 Å². The van der Waals surface area contributed by atoms with Crippen molar-refractivity contribution in [2.45, 2.75) is 32.2 Å². The van der Waals surface area contributed by atoms with Crippen LogP contribution in [0.3, 0.4) is 0 Å². The molecule has 2 aliphatic rings. The first-order valence-electron chi connectivity index (χ1n) is 6.90. The Labute approximate surface area is 113 Å². The van der Waals surface area contributed by atoms with Crippen LogP contribution in [0.1, 0.15) is 31.2 Å². The molecule has 2 aliphatic carbocycles. The molecule has 0 radical (unpaired) electrons. The van der Waals surface area contributed by atoms with Crippen LogP contribution in [0.2, 0.25) is 5.02 Å². The lowest BCUT2D eigenvalue weighted by Crippen LogP contribution is -2.26. The fourth-order valence-corrected chi connectivity index (χ4v) is 3.91. The molecule has 1 aromatic rings. The Hall–Kier alpha value is -0.730. The molecule has 2 bridgehead atoms. The van der Waals surface area contributed by atoms with Crippen LogP contribution >= 0.6 is 11.6 Å². The van der Waals surface area contributed by atoms with Crippen LogP contribution < -0.4 is 5.32 Å². The summed E-state index contributed by atoms with van der Waals surface area (Å²) in [5, 5.41) is 13.9. The molecule has 0 amide bonds. The van der Waals surface area contributed by atoms with Gasteiger partial charge in [-0.25, -0.2) is 0 Å². The summed E-state index contributed by atoms with van der Waals surface area (Å²) in [6.07, 6.45) is 5.74. The summed E-state index contributed by atoms with van der Waals surface area (Å²) >= 11 is 5.94. The van der Waals surface area contributed by atoms with E-state index in [0.717, 1.165) is 29.9 Å². The molecule has 2 nitrogen and oxygen atoms in total. The second-order valence-corrected chi connectivity index (χ2v) is 6.28. The van der Waals surface area contributed by atoms with E-state index in [4.69, 9.17) is 11.6 Å². The molecule has 1 aromatic carbocycles. The van der Waals surface area contributed by atoms with Gasteiger partial charge in [-0.05, 0) is 61.8 Å². The number of nitrogens with one attached hydrogen (secondary N) is 1. The van der Waals surface area contributed by atoms with Gasteiger partial charge in [0.1, 0.15) is 5.75 Å². The Bertz CT molecular complexity index is 435. The summed E-state index contributed by atoms with van der Waals surface area (Å²) < 4.78 is 0. The highest BCUT2D eigenvalue weighted by Gasteiger charge is 2.38. The van der Waals surface area contributed by atoms with Crippen molar-refractivity contribution in [1.82, 2.24) is 5.32 Å². The van der Waals surface area contributed by atoms with Gasteiger partial charge < -0.3 is 10.4 Å². The Morgan fingerprint density at radius 3 is 2.89 bits per heavy atom. The predicted octanol–water partition coefficient (Wildman–Crippen LogP) is 3.57. The zero-order chi connectivity index (χ0) is 12.5. The van der Waals surface area contributed by atoms with Crippen molar-refractivity contribution in [2.75, 3.05) is 6.54 Å². The topological polar surface area (TPSA) is 32.3 Å². The lowest BCUT2D eigenvalue weighted by atomic mass is 9.89. The third kappa shape index (κ3) is 2.50. The molecule has 3 rings (SSSR count). The van der Waals surface area contributed by atoms with Crippen molar-refractivity contribution in [1.29, 1.82) is 0 Å². The largest absolute Gasteiger partial charge is 0.508 e. The number of fused-ring (bicyclic) bond motifs is 2. The van der Waals surface area contributed by atoms with Crippen LogP contribution in [0.25, 0.3) is 0 Å². The number of hydrogen-bond donors (Lipinski definition) is 2. The van der Waals surface area contributed by atoms with Crippen molar-refractivity contribution in [2.24, 2.45) is 17.8 Å². The highest BCUT2D eigenvalue weighted by atomic mass is 35.5. The Morgan fingerprint density at radius 1 is 1.28 bits per heavy atom. The number of halogens is 1. The second-order valence-electron chi connectivity index (χ2n) is 5.84. The van der Waals surface area contributed by atoms with Gasteiger partial charge in [0, 0.05) is 17.1 Å². The van der Waals surface area contributed by atoms with E-state index < -0.39 is 0 Å². The van der Waals surface area contributed by atoms with Crippen molar-refractivity contribution < 1.29 is 5.11 Å². The molecule has 18 heavy (non-hydrogen) atoms. The highest BCUT2D eigenvalue weighted by Crippen LogP contribution is 2.47. The molecule has 0 aromatic heterocycles. The lowest BCUT2D eigenvalue weighted by molar-refractivity contribution is 0.318. The molecule has 2 N–H and O–H groups in total. The summed E-state index contributed by atoms with van der Waals surface area (Å²) in [7, 11) is 0. The standard InChI is InChI=1S/C15H20ClNO/c16-14-3-4-15(18)13(7-14)9-17-8-12-6-10-1-2-11(12)5-10/h3-4,7,10-12,17-18H,1-2,5-6,8-9H2. The summed E-state index contributed by atoms with van der Waals surface area (Å²) in [5.74, 6) is 3.14. The first-order valence-corrected chi connectivity index (χ1v) is 7.28. The quantitative estimate of drug-likeness (QED) is 0.872. The molecule has 3 heteroatoms. The maximum absolute atomic E-state index is 9.73. The maximum atomic E-state index is 9.73. The van der Waals surface area contributed by atoms with E-state index in [1.165, 1.54) is 25.7 Å². The van der Waals surface area contributed by atoms with Gasteiger partial charge in [-0.15, -0.1) is 0 Å². The Kier molecular flexibility index (Phi) is 3.49. The Balaban J connectivity index is 1.51. The van der Waals surface area contributed by atoms with Crippen LogP contribution in [-0.4, -0.2) is 11.7 Å². The fourth-order valence-electron chi connectivity index (χ4n) is 3.71. The van der Waals surface area contributed by atoms with Crippen LogP contribution in [-0.2, 0) is 6.54 Å². The van der Waals surface area contributed by atoms with Crippen LogP contribution in [0.5, 0.6) is 5.75 Å². The normalized spacial score (nSPS) is 29.9. The van der Waals surface area contributed by atoms with E-state index in [1.54, 1.807) is 12.1 Å². The first-order chi connectivity index (χ1) is 8.72. The monoisotopic (exact) mass is 265 g/mol. The third-order valence-corrected chi connectivity index (χ3v) is 4.88. The van der Waals surface area contributed by atoms with Crippen molar-refractivity contribution in [3.05, 3.63) is 28.8 Å². The van der Waals surface area contributed by atoms with E-state index in [9.17, 15) is 5.11 Å². The number of benzene rings is 1. The average Bonchev–Trinajstić information content (AvgIpc) is 2.96. The molecule has 2 fully saturated rings. The Morgan fingerprint density at radius 2 is 2.17 bits per heavy atom. The number of hydrogen-bond acceptors (Lipinski definition) is 2. The summed E-state index contributed by atoms with van der Waals surface area (Å²) in [4.78, 5) is 0. The molecule has 2 saturated carbocycles.